The lowest BCUT2D eigenvalue weighted by Crippen LogP contribution is -2.58. The summed E-state index contributed by atoms with van der Waals surface area (Å²) in [5.41, 5.74) is -0.508. The SMILES string of the molecule is CC(C)N(C)C(=O)NC1(CC(=O)O)CCC1. The minimum absolute atomic E-state index is 0.0185. The van der Waals surface area contributed by atoms with Crippen LogP contribution in [0.3, 0.4) is 0 Å². The molecule has 0 bridgehead atoms. The third-order valence-corrected chi connectivity index (χ3v) is 3.27. The molecule has 0 aliphatic heterocycles. The van der Waals surface area contributed by atoms with E-state index in [-0.39, 0.29) is 18.5 Å². The Balaban J connectivity index is 2.56. The fourth-order valence-corrected chi connectivity index (χ4v) is 1.79. The molecule has 0 aromatic carbocycles. The summed E-state index contributed by atoms with van der Waals surface area (Å²) in [6.07, 6.45) is 2.53. The Morgan fingerprint density at radius 2 is 2.00 bits per heavy atom. The van der Waals surface area contributed by atoms with E-state index in [9.17, 15) is 9.59 Å². The number of nitrogens with zero attached hydrogens (tertiary/aromatic N) is 1. The molecule has 0 spiro atoms. The molecule has 0 aromatic rings. The van der Waals surface area contributed by atoms with E-state index >= 15 is 0 Å². The number of aliphatic carboxylic acids is 1. The van der Waals surface area contributed by atoms with E-state index in [1.165, 1.54) is 0 Å². The molecular formula is C11H20N2O3. The molecule has 5 heteroatoms. The van der Waals surface area contributed by atoms with E-state index in [0.717, 1.165) is 19.3 Å². The van der Waals surface area contributed by atoms with Gasteiger partial charge in [-0.25, -0.2) is 4.79 Å². The fraction of sp³-hybridized carbons (Fsp3) is 0.818. The lowest BCUT2D eigenvalue weighted by atomic mass is 9.74. The van der Waals surface area contributed by atoms with Crippen molar-refractivity contribution in [3.8, 4) is 0 Å². The van der Waals surface area contributed by atoms with E-state index in [2.05, 4.69) is 5.32 Å². The maximum atomic E-state index is 11.8. The van der Waals surface area contributed by atoms with Crippen LogP contribution in [0.25, 0.3) is 0 Å². The van der Waals surface area contributed by atoms with Gasteiger partial charge in [-0.2, -0.15) is 0 Å². The Labute approximate surface area is 95.8 Å². The second kappa shape index (κ2) is 4.72. The monoisotopic (exact) mass is 228 g/mol. The predicted octanol–water partition coefficient (Wildman–Crippen LogP) is 1.43. The zero-order valence-electron chi connectivity index (χ0n) is 10.1. The molecule has 0 atom stereocenters. The normalized spacial score (nSPS) is 17.8. The Morgan fingerprint density at radius 3 is 2.31 bits per heavy atom. The predicted molar refractivity (Wildman–Crippen MR) is 60.3 cm³/mol. The van der Waals surface area contributed by atoms with Gasteiger partial charge < -0.3 is 15.3 Å². The number of carboxylic acid groups (broad SMARTS) is 1. The highest BCUT2D eigenvalue weighted by atomic mass is 16.4. The highest BCUT2D eigenvalue weighted by molar-refractivity contribution is 5.77. The molecule has 0 heterocycles. The van der Waals surface area contributed by atoms with Crippen LogP contribution in [-0.2, 0) is 4.79 Å². The summed E-state index contributed by atoms with van der Waals surface area (Å²) < 4.78 is 0. The van der Waals surface area contributed by atoms with Crippen molar-refractivity contribution in [2.45, 2.75) is 51.1 Å². The second-order valence-electron chi connectivity index (χ2n) is 4.84. The molecule has 1 aliphatic rings. The summed E-state index contributed by atoms with van der Waals surface area (Å²) in [5.74, 6) is -0.854. The molecule has 2 N–H and O–H groups in total. The number of hydrogen-bond acceptors (Lipinski definition) is 2. The second-order valence-corrected chi connectivity index (χ2v) is 4.84. The third-order valence-electron chi connectivity index (χ3n) is 3.27. The van der Waals surface area contributed by atoms with Gasteiger partial charge in [0.05, 0.1) is 12.0 Å². The first-order valence-corrected chi connectivity index (χ1v) is 5.63. The number of carboxylic acids is 1. The topological polar surface area (TPSA) is 69.6 Å². The number of carbonyl (C=O) groups excluding carboxylic acids is 1. The molecule has 16 heavy (non-hydrogen) atoms. The minimum Gasteiger partial charge on any atom is -0.481 e. The summed E-state index contributed by atoms with van der Waals surface area (Å²) in [4.78, 5) is 24.1. The van der Waals surface area contributed by atoms with Crippen LogP contribution in [0, 0.1) is 0 Å². The Hall–Kier alpha value is -1.26. The van der Waals surface area contributed by atoms with Gasteiger partial charge in [-0.3, -0.25) is 4.79 Å². The standard InChI is InChI=1S/C11H20N2O3/c1-8(2)13(3)10(16)12-11(5-4-6-11)7-9(14)15/h8H,4-7H2,1-3H3,(H,12,16)(H,14,15). The van der Waals surface area contributed by atoms with E-state index < -0.39 is 11.5 Å². The molecule has 1 saturated carbocycles. The van der Waals surface area contributed by atoms with E-state index in [1.807, 2.05) is 13.8 Å². The van der Waals surface area contributed by atoms with Gasteiger partial charge >= 0.3 is 12.0 Å². The Kier molecular flexibility index (Phi) is 3.78. The Morgan fingerprint density at radius 1 is 1.44 bits per heavy atom. The highest BCUT2D eigenvalue weighted by Gasteiger charge is 2.41. The van der Waals surface area contributed by atoms with Gasteiger partial charge in [0.1, 0.15) is 0 Å². The molecule has 0 saturated heterocycles. The van der Waals surface area contributed by atoms with Gasteiger partial charge in [0, 0.05) is 13.1 Å². The smallest absolute Gasteiger partial charge is 0.317 e. The van der Waals surface area contributed by atoms with Crippen LogP contribution < -0.4 is 5.32 Å². The number of rotatable bonds is 4. The van der Waals surface area contributed by atoms with Crippen LogP contribution in [0.2, 0.25) is 0 Å². The molecule has 2 amide bonds. The van der Waals surface area contributed by atoms with Crippen molar-refractivity contribution >= 4 is 12.0 Å². The molecule has 1 fully saturated rings. The van der Waals surface area contributed by atoms with Crippen LogP contribution in [0.4, 0.5) is 4.79 Å². The molecule has 1 rings (SSSR count). The number of amides is 2. The van der Waals surface area contributed by atoms with E-state index in [1.54, 1.807) is 11.9 Å². The van der Waals surface area contributed by atoms with Gasteiger partial charge in [-0.1, -0.05) is 0 Å². The maximum Gasteiger partial charge on any atom is 0.317 e. The average Bonchev–Trinajstić information content (AvgIpc) is 2.11. The summed E-state index contributed by atoms with van der Waals surface area (Å²) in [6, 6.07) is -0.0714. The highest BCUT2D eigenvalue weighted by Crippen LogP contribution is 2.35. The van der Waals surface area contributed by atoms with Gasteiger partial charge in [-0.15, -0.1) is 0 Å². The van der Waals surface area contributed by atoms with Gasteiger partial charge in [0.15, 0.2) is 0 Å². The Bertz CT molecular complexity index is 285. The number of nitrogens with one attached hydrogen (secondary N) is 1. The van der Waals surface area contributed by atoms with Crippen molar-refractivity contribution in [3.05, 3.63) is 0 Å². The van der Waals surface area contributed by atoms with Crippen LogP contribution in [-0.4, -0.2) is 40.6 Å². The summed E-state index contributed by atoms with van der Waals surface area (Å²) in [6.45, 7) is 3.84. The number of carbonyl (C=O) groups is 2. The van der Waals surface area contributed by atoms with Crippen molar-refractivity contribution < 1.29 is 14.7 Å². The maximum absolute atomic E-state index is 11.8. The van der Waals surface area contributed by atoms with E-state index in [4.69, 9.17) is 5.11 Å². The molecule has 5 nitrogen and oxygen atoms in total. The van der Waals surface area contributed by atoms with Gasteiger partial charge in [0.25, 0.3) is 0 Å². The largest absolute Gasteiger partial charge is 0.481 e. The first-order valence-electron chi connectivity index (χ1n) is 5.63. The molecule has 92 valence electrons. The first-order chi connectivity index (χ1) is 7.36. The van der Waals surface area contributed by atoms with Crippen molar-refractivity contribution in [2.75, 3.05) is 7.05 Å². The number of urea groups is 1. The molecular weight excluding hydrogens is 208 g/mol. The summed E-state index contributed by atoms with van der Waals surface area (Å²) >= 11 is 0. The van der Waals surface area contributed by atoms with Crippen LogP contribution in [0.15, 0.2) is 0 Å². The lowest BCUT2D eigenvalue weighted by Gasteiger charge is -2.42. The van der Waals surface area contributed by atoms with Crippen LogP contribution in [0.1, 0.15) is 39.5 Å². The molecule has 0 unspecified atom stereocenters. The first kappa shape index (κ1) is 12.8. The minimum atomic E-state index is -0.854. The third kappa shape index (κ3) is 2.87. The van der Waals surface area contributed by atoms with Crippen LogP contribution >= 0.6 is 0 Å². The number of hydrogen-bond donors (Lipinski definition) is 2. The molecule has 0 radical (unpaired) electrons. The summed E-state index contributed by atoms with van der Waals surface area (Å²) in [5, 5.41) is 11.7. The fourth-order valence-electron chi connectivity index (χ4n) is 1.79. The van der Waals surface area contributed by atoms with E-state index in [0.29, 0.717) is 0 Å². The summed E-state index contributed by atoms with van der Waals surface area (Å²) in [7, 11) is 1.72. The average molecular weight is 228 g/mol. The lowest BCUT2D eigenvalue weighted by molar-refractivity contribution is -0.139. The molecule has 1 aliphatic carbocycles. The van der Waals surface area contributed by atoms with Crippen LogP contribution in [0.5, 0.6) is 0 Å². The van der Waals surface area contributed by atoms with Gasteiger partial charge in [-0.05, 0) is 33.1 Å². The van der Waals surface area contributed by atoms with Crippen molar-refractivity contribution in [2.24, 2.45) is 0 Å². The van der Waals surface area contributed by atoms with Crippen molar-refractivity contribution in [3.63, 3.8) is 0 Å². The zero-order chi connectivity index (χ0) is 12.3. The quantitative estimate of drug-likeness (QED) is 0.764. The van der Waals surface area contributed by atoms with Crippen molar-refractivity contribution in [1.82, 2.24) is 10.2 Å². The van der Waals surface area contributed by atoms with Gasteiger partial charge in [0.2, 0.25) is 0 Å². The molecule has 0 aromatic heterocycles. The van der Waals surface area contributed by atoms with Crippen molar-refractivity contribution in [1.29, 1.82) is 0 Å². The zero-order valence-corrected chi connectivity index (χ0v) is 10.1.